The molecule has 1 aromatic heterocycles. The second-order valence-electron chi connectivity index (χ2n) is 5.48. The standard InChI is InChI=1S/C14H21N3/c1-2-16-12-7-13(9-15-8-12)17-10-14(5-6-14)11-3-4-11/h7-9,11,16-17H,2-6,10H2,1H3. The molecule has 0 radical (unpaired) electrons. The molecule has 2 aliphatic rings. The molecule has 0 bridgehead atoms. The van der Waals surface area contributed by atoms with Crippen molar-refractivity contribution in [3.63, 3.8) is 0 Å². The van der Waals surface area contributed by atoms with Crippen LogP contribution in [0.3, 0.4) is 0 Å². The van der Waals surface area contributed by atoms with Crippen LogP contribution in [-0.2, 0) is 0 Å². The van der Waals surface area contributed by atoms with Gasteiger partial charge < -0.3 is 10.6 Å². The normalized spacial score (nSPS) is 21.0. The van der Waals surface area contributed by atoms with Gasteiger partial charge in [0.1, 0.15) is 0 Å². The van der Waals surface area contributed by atoms with E-state index in [9.17, 15) is 0 Å². The predicted molar refractivity (Wildman–Crippen MR) is 71.3 cm³/mol. The SMILES string of the molecule is CCNc1cncc(NCC2(C3CC3)CC2)c1. The Morgan fingerprint density at radius 2 is 1.94 bits per heavy atom. The Hall–Kier alpha value is -1.25. The molecule has 0 aliphatic heterocycles. The van der Waals surface area contributed by atoms with Gasteiger partial charge in [-0.2, -0.15) is 0 Å². The quantitative estimate of drug-likeness (QED) is 0.790. The fourth-order valence-electron chi connectivity index (χ4n) is 2.70. The summed E-state index contributed by atoms with van der Waals surface area (Å²) in [6.07, 6.45) is 9.55. The van der Waals surface area contributed by atoms with Crippen LogP contribution in [0.15, 0.2) is 18.5 Å². The van der Waals surface area contributed by atoms with E-state index in [0.29, 0.717) is 5.41 Å². The van der Waals surface area contributed by atoms with E-state index in [-0.39, 0.29) is 0 Å². The lowest BCUT2D eigenvalue weighted by Gasteiger charge is -2.16. The van der Waals surface area contributed by atoms with Crippen LogP contribution in [0.4, 0.5) is 11.4 Å². The lowest BCUT2D eigenvalue weighted by Crippen LogP contribution is -2.17. The summed E-state index contributed by atoms with van der Waals surface area (Å²) in [7, 11) is 0. The van der Waals surface area contributed by atoms with Crippen LogP contribution in [0.5, 0.6) is 0 Å². The van der Waals surface area contributed by atoms with Gasteiger partial charge in [0, 0.05) is 13.1 Å². The van der Waals surface area contributed by atoms with E-state index < -0.39 is 0 Å². The first-order chi connectivity index (χ1) is 8.32. The molecule has 0 amide bonds. The summed E-state index contributed by atoms with van der Waals surface area (Å²) < 4.78 is 0. The van der Waals surface area contributed by atoms with Crippen LogP contribution in [0.25, 0.3) is 0 Å². The van der Waals surface area contributed by atoms with E-state index in [2.05, 4.69) is 28.6 Å². The van der Waals surface area contributed by atoms with E-state index in [0.717, 1.165) is 30.4 Å². The van der Waals surface area contributed by atoms with Gasteiger partial charge in [-0.25, -0.2) is 0 Å². The van der Waals surface area contributed by atoms with Crippen molar-refractivity contribution < 1.29 is 0 Å². The van der Waals surface area contributed by atoms with Gasteiger partial charge in [-0.1, -0.05) is 0 Å². The molecule has 2 fully saturated rings. The van der Waals surface area contributed by atoms with E-state index >= 15 is 0 Å². The molecule has 3 heteroatoms. The third-order valence-electron chi connectivity index (χ3n) is 4.10. The zero-order chi connectivity index (χ0) is 11.7. The Bertz CT molecular complexity index is 394. The molecule has 0 unspecified atom stereocenters. The zero-order valence-electron chi connectivity index (χ0n) is 10.5. The summed E-state index contributed by atoms with van der Waals surface area (Å²) in [5, 5.41) is 6.86. The van der Waals surface area contributed by atoms with Crippen molar-refractivity contribution in [3.8, 4) is 0 Å². The number of hydrogen-bond acceptors (Lipinski definition) is 3. The van der Waals surface area contributed by atoms with Crippen LogP contribution in [-0.4, -0.2) is 18.1 Å². The van der Waals surface area contributed by atoms with Crippen molar-refractivity contribution in [2.45, 2.75) is 32.6 Å². The minimum absolute atomic E-state index is 0.647. The highest BCUT2D eigenvalue weighted by Crippen LogP contribution is 2.61. The first-order valence-electron chi connectivity index (χ1n) is 6.75. The smallest absolute Gasteiger partial charge is 0.0547 e. The van der Waals surface area contributed by atoms with Crippen molar-refractivity contribution in [1.29, 1.82) is 0 Å². The average Bonchev–Trinajstić information content (AvgIpc) is 3.19. The lowest BCUT2D eigenvalue weighted by molar-refractivity contribution is 0.467. The van der Waals surface area contributed by atoms with Gasteiger partial charge in [-0.15, -0.1) is 0 Å². The van der Waals surface area contributed by atoms with E-state index in [1.807, 2.05) is 12.4 Å². The van der Waals surface area contributed by atoms with Crippen molar-refractivity contribution in [2.75, 3.05) is 23.7 Å². The van der Waals surface area contributed by atoms with Gasteiger partial charge in [0.2, 0.25) is 0 Å². The molecule has 2 N–H and O–H groups in total. The molecule has 3 rings (SSSR count). The Morgan fingerprint density at radius 3 is 2.53 bits per heavy atom. The Balaban J connectivity index is 1.59. The van der Waals surface area contributed by atoms with E-state index in [1.165, 1.54) is 25.7 Å². The molecule has 2 aliphatic carbocycles. The number of nitrogens with one attached hydrogen (secondary N) is 2. The van der Waals surface area contributed by atoms with Crippen LogP contribution >= 0.6 is 0 Å². The number of pyridine rings is 1. The van der Waals surface area contributed by atoms with E-state index in [4.69, 9.17) is 0 Å². The maximum atomic E-state index is 4.26. The van der Waals surface area contributed by atoms with Gasteiger partial charge in [0.05, 0.1) is 23.8 Å². The third kappa shape index (κ3) is 2.38. The van der Waals surface area contributed by atoms with Gasteiger partial charge in [-0.3, -0.25) is 4.98 Å². The topological polar surface area (TPSA) is 37.0 Å². The molecule has 0 aromatic carbocycles. The summed E-state index contributed by atoms with van der Waals surface area (Å²) in [5.41, 5.74) is 2.90. The molecule has 17 heavy (non-hydrogen) atoms. The number of aromatic nitrogens is 1. The molecule has 0 saturated heterocycles. The number of anilines is 2. The summed E-state index contributed by atoms with van der Waals surface area (Å²) in [5.74, 6) is 1.01. The molecule has 1 aromatic rings. The minimum atomic E-state index is 0.647. The van der Waals surface area contributed by atoms with Gasteiger partial charge in [0.25, 0.3) is 0 Å². The number of nitrogens with zero attached hydrogens (tertiary/aromatic N) is 1. The minimum Gasteiger partial charge on any atom is -0.384 e. The Labute approximate surface area is 103 Å². The Morgan fingerprint density at radius 1 is 1.24 bits per heavy atom. The molecule has 0 atom stereocenters. The first kappa shape index (κ1) is 10.9. The number of rotatable bonds is 6. The maximum absolute atomic E-state index is 4.26. The van der Waals surface area contributed by atoms with Crippen molar-refractivity contribution in [2.24, 2.45) is 11.3 Å². The summed E-state index contributed by atoms with van der Waals surface area (Å²) in [6, 6.07) is 2.15. The van der Waals surface area contributed by atoms with Crippen molar-refractivity contribution in [3.05, 3.63) is 18.5 Å². The second kappa shape index (κ2) is 4.21. The fraction of sp³-hybridized carbons (Fsp3) is 0.643. The molecule has 92 valence electrons. The van der Waals surface area contributed by atoms with E-state index in [1.54, 1.807) is 0 Å². The van der Waals surface area contributed by atoms with Gasteiger partial charge >= 0.3 is 0 Å². The summed E-state index contributed by atoms with van der Waals surface area (Å²) in [4.78, 5) is 4.26. The molecule has 3 nitrogen and oxygen atoms in total. The van der Waals surface area contributed by atoms with Crippen LogP contribution in [0.1, 0.15) is 32.6 Å². The van der Waals surface area contributed by atoms with Crippen molar-refractivity contribution in [1.82, 2.24) is 4.98 Å². The average molecular weight is 231 g/mol. The molecular weight excluding hydrogens is 210 g/mol. The Kier molecular flexibility index (Phi) is 2.69. The van der Waals surface area contributed by atoms with Gasteiger partial charge in [0.15, 0.2) is 0 Å². The third-order valence-corrected chi connectivity index (χ3v) is 4.10. The fourth-order valence-corrected chi connectivity index (χ4v) is 2.70. The number of hydrogen-bond donors (Lipinski definition) is 2. The zero-order valence-corrected chi connectivity index (χ0v) is 10.5. The van der Waals surface area contributed by atoms with Gasteiger partial charge in [-0.05, 0) is 50.0 Å². The highest BCUT2D eigenvalue weighted by molar-refractivity contribution is 5.54. The molecular formula is C14H21N3. The molecule has 0 spiro atoms. The highest BCUT2D eigenvalue weighted by atomic mass is 14.9. The van der Waals surface area contributed by atoms with Crippen molar-refractivity contribution >= 4 is 11.4 Å². The maximum Gasteiger partial charge on any atom is 0.0547 e. The molecule has 1 heterocycles. The van der Waals surface area contributed by atoms with Crippen LogP contribution < -0.4 is 10.6 Å². The summed E-state index contributed by atoms with van der Waals surface area (Å²) >= 11 is 0. The van der Waals surface area contributed by atoms with Crippen LogP contribution in [0.2, 0.25) is 0 Å². The van der Waals surface area contributed by atoms with Crippen LogP contribution in [0, 0.1) is 11.3 Å². The monoisotopic (exact) mass is 231 g/mol. The molecule has 2 saturated carbocycles. The largest absolute Gasteiger partial charge is 0.384 e. The first-order valence-corrected chi connectivity index (χ1v) is 6.75. The highest BCUT2D eigenvalue weighted by Gasteiger charge is 2.53. The summed E-state index contributed by atoms with van der Waals surface area (Å²) in [6.45, 7) is 4.18. The predicted octanol–water partition coefficient (Wildman–Crippen LogP) is 3.12. The second-order valence-corrected chi connectivity index (χ2v) is 5.48. The lowest BCUT2D eigenvalue weighted by atomic mass is 10.0.